The van der Waals surface area contributed by atoms with Gasteiger partial charge in [-0.3, -0.25) is 4.79 Å². The number of halogens is 1. The van der Waals surface area contributed by atoms with Crippen molar-refractivity contribution in [1.29, 1.82) is 0 Å². The Morgan fingerprint density at radius 3 is 2.38 bits per heavy atom. The van der Waals surface area contributed by atoms with Gasteiger partial charge in [0, 0.05) is 26.6 Å². The third-order valence-electron chi connectivity index (χ3n) is 5.90. The number of furan rings is 1. The third kappa shape index (κ3) is 5.45. The maximum absolute atomic E-state index is 13.5. The van der Waals surface area contributed by atoms with Gasteiger partial charge in [-0.1, -0.05) is 13.8 Å². The van der Waals surface area contributed by atoms with Crippen molar-refractivity contribution in [3.05, 3.63) is 81.4 Å². The van der Waals surface area contributed by atoms with Crippen LogP contribution in [0.25, 0.3) is 22.3 Å². The standard InChI is InChI=1S/C28H28INO4/c1-3-30(4-2)16-5-17-33-23-13-8-20(9-14-23)28-26(24-18-21(29)10-15-25(24)34-28)27(32)19-6-11-22(31)12-7-19/h6-15,18,31H,3-5,16-17H2,1-2H3. The summed E-state index contributed by atoms with van der Waals surface area (Å²) in [6.07, 6.45) is 0.969. The first kappa shape index (κ1) is 24.3. The molecule has 0 aliphatic carbocycles. The Morgan fingerprint density at radius 2 is 1.71 bits per heavy atom. The molecule has 0 aliphatic rings. The van der Waals surface area contributed by atoms with Crippen molar-refractivity contribution < 1.29 is 19.1 Å². The number of carbonyl (C=O) groups excluding carboxylic acids is 1. The second-order valence-corrected chi connectivity index (χ2v) is 9.32. The van der Waals surface area contributed by atoms with E-state index in [1.807, 2.05) is 42.5 Å². The van der Waals surface area contributed by atoms with Gasteiger partial charge in [0.05, 0.1) is 12.2 Å². The van der Waals surface area contributed by atoms with E-state index in [9.17, 15) is 9.90 Å². The molecule has 4 rings (SSSR count). The Kier molecular flexibility index (Phi) is 7.90. The minimum atomic E-state index is -0.146. The maximum atomic E-state index is 13.5. The van der Waals surface area contributed by atoms with Crippen LogP contribution in [0.15, 0.2) is 71.1 Å². The smallest absolute Gasteiger partial charge is 0.197 e. The number of ether oxygens (including phenoxy) is 1. The molecule has 0 unspecified atom stereocenters. The molecule has 3 aromatic carbocycles. The maximum Gasteiger partial charge on any atom is 0.197 e. The Hall–Kier alpha value is -2.84. The predicted octanol–water partition coefficient (Wildman–Crippen LogP) is 6.75. The molecule has 1 aromatic heterocycles. The Labute approximate surface area is 213 Å². The summed E-state index contributed by atoms with van der Waals surface area (Å²) in [6.45, 7) is 8.11. The van der Waals surface area contributed by atoms with Crippen LogP contribution < -0.4 is 4.74 Å². The Morgan fingerprint density at radius 1 is 1.00 bits per heavy atom. The highest BCUT2D eigenvalue weighted by molar-refractivity contribution is 14.1. The summed E-state index contributed by atoms with van der Waals surface area (Å²) < 4.78 is 13.1. The van der Waals surface area contributed by atoms with Crippen LogP contribution in [-0.4, -0.2) is 42.0 Å². The highest BCUT2D eigenvalue weighted by atomic mass is 127. The molecule has 0 saturated heterocycles. The summed E-state index contributed by atoms with van der Waals surface area (Å²) in [4.78, 5) is 15.9. The number of fused-ring (bicyclic) bond motifs is 1. The summed E-state index contributed by atoms with van der Waals surface area (Å²) >= 11 is 2.23. The van der Waals surface area contributed by atoms with Crippen molar-refractivity contribution in [3.8, 4) is 22.8 Å². The first-order valence-corrected chi connectivity index (χ1v) is 12.6. The molecule has 34 heavy (non-hydrogen) atoms. The zero-order chi connectivity index (χ0) is 24.1. The number of carbonyl (C=O) groups is 1. The van der Waals surface area contributed by atoms with E-state index < -0.39 is 0 Å². The van der Waals surface area contributed by atoms with E-state index in [2.05, 4.69) is 41.3 Å². The van der Waals surface area contributed by atoms with Crippen LogP contribution in [0, 0.1) is 3.57 Å². The van der Waals surface area contributed by atoms with Gasteiger partial charge in [0.1, 0.15) is 22.8 Å². The topological polar surface area (TPSA) is 62.9 Å². The lowest BCUT2D eigenvalue weighted by Gasteiger charge is -2.17. The third-order valence-corrected chi connectivity index (χ3v) is 6.58. The molecular weight excluding hydrogens is 541 g/mol. The quantitative estimate of drug-likeness (QED) is 0.130. The van der Waals surface area contributed by atoms with Gasteiger partial charge in [0.15, 0.2) is 5.78 Å². The van der Waals surface area contributed by atoms with Gasteiger partial charge in [0.25, 0.3) is 0 Å². The summed E-state index contributed by atoms with van der Waals surface area (Å²) in [6, 6.07) is 19.8. The average Bonchev–Trinajstić information content (AvgIpc) is 3.23. The molecule has 0 radical (unpaired) electrons. The van der Waals surface area contributed by atoms with Gasteiger partial charge in [0.2, 0.25) is 0 Å². The predicted molar refractivity (Wildman–Crippen MR) is 144 cm³/mol. The van der Waals surface area contributed by atoms with Gasteiger partial charge in [-0.2, -0.15) is 0 Å². The lowest BCUT2D eigenvalue weighted by Crippen LogP contribution is -2.25. The minimum Gasteiger partial charge on any atom is -0.508 e. The highest BCUT2D eigenvalue weighted by Crippen LogP contribution is 2.36. The van der Waals surface area contributed by atoms with E-state index in [1.54, 1.807) is 12.1 Å². The van der Waals surface area contributed by atoms with E-state index in [1.165, 1.54) is 12.1 Å². The molecule has 0 fully saturated rings. The monoisotopic (exact) mass is 569 g/mol. The van der Waals surface area contributed by atoms with E-state index in [4.69, 9.17) is 9.15 Å². The molecule has 0 amide bonds. The van der Waals surface area contributed by atoms with E-state index in [0.29, 0.717) is 29.1 Å². The van der Waals surface area contributed by atoms with Crippen LogP contribution >= 0.6 is 22.6 Å². The minimum absolute atomic E-state index is 0.121. The molecule has 0 aliphatic heterocycles. The molecule has 1 N–H and O–H groups in total. The van der Waals surface area contributed by atoms with Crippen LogP contribution in [0.3, 0.4) is 0 Å². The normalized spacial score (nSPS) is 11.3. The number of benzene rings is 3. The van der Waals surface area contributed by atoms with Crippen LogP contribution in [0.4, 0.5) is 0 Å². The van der Waals surface area contributed by atoms with Crippen LogP contribution in [0.1, 0.15) is 36.2 Å². The molecule has 0 saturated carbocycles. The Bertz CT molecular complexity index is 1260. The number of phenols is 1. The number of hydrogen-bond donors (Lipinski definition) is 1. The first-order chi connectivity index (χ1) is 16.5. The number of hydrogen-bond acceptors (Lipinski definition) is 5. The van der Waals surface area contributed by atoms with Crippen molar-refractivity contribution in [2.75, 3.05) is 26.2 Å². The van der Waals surface area contributed by atoms with Gasteiger partial charge >= 0.3 is 0 Å². The zero-order valence-electron chi connectivity index (χ0n) is 19.4. The second kappa shape index (κ2) is 11.1. The summed E-state index contributed by atoms with van der Waals surface area (Å²) in [5, 5.41) is 10.4. The number of rotatable bonds is 10. The number of phenolic OH excluding ortho intramolecular Hbond substituents is 1. The van der Waals surface area contributed by atoms with Gasteiger partial charge in [-0.05, 0) is 109 Å². The number of ketones is 1. The number of aromatic hydroxyl groups is 1. The van der Waals surface area contributed by atoms with Crippen LogP contribution in [-0.2, 0) is 0 Å². The fourth-order valence-corrected chi connectivity index (χ4v) is 4.47. The zero-order valence-corrected chi connectivity index (χ0v) is 21.5. The lowest BCUT2D eigenvalue weighted by molar-refractivity contribution is 0.104. The molecule has 1 heterocycles. The van der Waals surface area contributed by atoms with Crippen molar-refractivity contribution in [3.63, 3.8) is 0 Å². The van der Waals surface area contributed by atoms with Gasteiger partial charge in [-0.25, -0.2) is 0 Å². The summed E-state index contributed by atoms with van der Waals surface area (Å²) in [7, 11) is 0. The van der Waals surface area contributed by atoms with E-state index in [0.717, 1.165) is 46.3 Å². The summed E-state index contributed by atoms with van der Waals surface area (Å²) in [5.41, 5.74) is 2.49. The molecular formula is C28H28INO4. The van der Waals surface area contributed by atoms with E-state index >= 15 is 0 Å². The Balaban J connectivity index is 1.60. The molecule has 0 bridgehead atoms. The highest BCUT2D eigenvalue weighted by Gasteiger charge is 2.23. The van der Waals surface area contributed by atoms with Gasteiger partial charge < -0.3 is 19.2 Å². The fraction of sp³-hybridized carbons (Fsp3) is 0.250. The molecule has 6 heteroatoms. The van der Waals surface area contributed by atoms with Crippen LogP contribution in [0.5, 0.6) is 11.5 Å². The van der Waals surface area contributed by atoms with Crippen LogP contribution in [0.2, 0.25) is 0 Å². The average molecular weight is 569 g/mol. The molecule has 5 nitrogen and oxygen atoms in total. The molecule has 0 spiro atoms. The molecule has 0 atom stereocenters. The fourth-order valence-electron chi connectivity index (χ4n) is 3.98. The van der Waals surface area contributed by atoms with Crippen molar-refractivity contribution in [2.45, 2.75) is 20.3 Å². The lowest BCUT2D eigenvalue weighted by atomic mass is 9.97. The van der Waals surface area contributed by atoms with Crippen molar-refractivity contribution >= 4 is 39.3 Å². The van der Waals surface area contributed by atoms with E-state index in [-0.39, 0.29) is 11.5 Å². The van der Waals surface area contributed by atoms with Crippen molar-refractivity contribution in [2.24, 2.45) is 0 Å². The summed E-state index contributed by atoms with van der Waals surface area (Å²) in [5.74, 6) is 1.30. The second-order valence-electron chi connectivity index (χ2n) is 8.08. The largest absolute Gasteiger partial charge is 0.508 e. The van der Waals surface area contributed by atoms with Gasteiger partial charge in [-0.15, -0.1) is 0 Å². The SMILES string of the molecule is CCN(CC)CCCOc1ccc(-c2oc3ccc(I)cc3c2C(=O)c2ccc(O)cc2)cc1. The molecule has 4 aromatic rings. The van der Waals surface area contributed by atoms with Crippen molar-refractivity contribution in [1.82, 2.24) is 4.90 Å². The number of nitrogens with zero attached hydrogens (tertiary/aromatic N) is 1. The molecule has 176 valence electrons. The first-order valence-electron chi connectivity index (χ1n) is 11.5.